The Kier molecular flexibility index (Phi) is 4.02. The molecule has 2 N–H and O–H groups in total. The van der Waals surface area contributed by atoms with Gasteiger partial charge in [-0.25, -0.2) is 0 Å². The first kappa shape index (κ1) is 10.0. The third-order valence-corrected chi connectivity index (χ3v) is 3.04. The van der Waals surface area contributed by atoms with Crippen LogP contribution >= 0.6 is 0 Å². The number of hydrogen-bond donors (Lipinski definition) is 1. The van der Waals surface area contributed by atoms with Crippen LogP contribution in [0.25, 0.3) is 0 Å². The van der Waals surface area contributed by atoms with E-state index in [1.54, 1.807) is 0 Å². The fraction of sp³-hybridized carbons (Fsp3) is 1.00. The van der Waals surface area contributed by atoms with Gasteiger partial charge in [-0.2, -0.15) is 0 Å². The van der Waals surface area contributed by atoms with Gasteiger partial charge in [0, 0.05) is 12.6 Å². The first-order valence-corrected chi connectivity index (χ1v) is 5.22. The molecule has 0 bridgehead atoms. The molecule has 1 aliphatic heterocycles. The summed E-state index contributed by atoms with van der Waals surface area (Å²) < 4.78 is 0. The van der Waals surface area contributed by atoms with Gasteiger partial charge in [-0.3, -0.25) is 0 Å². The Morgan fingerprint density at radius 2 is 1.92 bits per heavy atom. The maximum absolute atomic E-state index is 6.07. The van der Waals surface area contributed by atoms with Crippen molar-refractivity contribution in [2.45, 2.75) is 39.2 Å². The van der Waals surface area contributed by atoms with Crippen molar-refractivity contribution >= 4 is 0 Å². The SMILES string of the molecule is CCC(C)C(N)CN1CCCC1. The van der Waals surface area contributed by atoms with E-state index >= 15 is 0 Å². The average Bonchev–Trinajstić information content (AvgIpc) is 2.55. The van der Waals surface area contributed by atoms with Crippen molar-refractivity contribution < 1.29 is 0 Å². The highest BCUT2D eigenvalue weighted by Crippen LogP contribution is 2.11. The molecule has 1 aliphatic rings. The summed E-state index contributed by atoms with van der Waals surface area (Å²) >= 11 is 0. The predicted octanol–water partition coefficient (Wildman–Crippen LogP) is 1.46. The lowest BCUT2D eigenvalue weighted by atomic mass is 10.00. The van der Waals surface area contributed by atoms with Crippen LogP contribution in [0.3, 0.4) is 0 Å². The van der Waals surface area contributed by atoms with Crippen molar-refractivity contribution in [2.75, 3.05) is 19.6 Å². The molecular formula is C10H22N2. The molecule has 12 heavy (non-hydrogen) atoms. The van der Waals surface area contributed by atoms with Gasteiger partial charge in [-0.1, -0.05) is 20.3 Å². The smallest absolute Gasteiger partial charge is 0.0193 e. The van der Waals surface area contributed by atoms with E-state index in [2.05, 4.69) is 18.7 Å². The standard InChI is InChI=1S/C10H22N2/c1-3-9(2)10(11)8-12-6-4-5-7-12/h9-10H,3-8,11H2,1-2H3. The molecule has 72 valence electrons. The molecule has 0 spiro atoms. The zero-order chi connectivity index (χ0) is 8.97. The zero-order valence-electron chi connectivity index (χ0n) is 8.42. The van der Waals surface area contributed by atoms with E-state index in [-0.39, 0.29) is 0 Å². The number of nitrogens with zero attached hydrogens (tertiary/aromatic N) is 1. The number of likely N-dealkylation sites (tertiary alicyclic amines) is 1. The van der Waals surface area contributed by atoms with Gasteiger partial charge in [0.05, 0.1) is 0 Å². The molecular weight excluding hydrogens is 148 g/mol. The van der Waals surface area contributed by atoms with Gasteiger partial charge in [0.1, 0.15) is 0 Å². The maximum Gasteiger partial charge on any atom is 0.0193 e. The number of nitrogens with two attached hydrogens (primary N) is 1. The van der Waals surface area contributed by atoms with Gasteiger partial charge < -0.3 is 10.6 Å². The second-order valence-corrected chi connectivity index (χ2v) is 4.06. The van der Waals surface area contributed by atoms with Crippen molar-refractivity contribution in [1.29, 1.82) is 0 Å². The Morgan fingerprint density at radius 1 is 1.33 bits per heavy atom. The van der Waals surface area contributed by atoms with E-state index in [9.17, 15) is 0 Å². The summed E-state index contributed by atoms with van der Waals surface area (Å²) in [5.41, 5.74) is 6.07. The van der Waals surface area contributed by atoms with E-state index in [0.29, 0.717) is 12.0 Å². The van der Waals surface area contributed by atoms with Crippen molar-refractivity contribution in [3.63, 3.8) is 0 Å². The topological polar surface area (TPSA) is 29.3 Å². The van der Waals surface area contributed by atoms with Crippen LogP contribution in [0.4, 0.5) is 0 Å². The summed E-state index contributed by atoms with van der Waals surface area (Å²) in [6.45, 7) is 8.11. The summed E-state index contributed by atoms with van der Waals surface area (Å²) in [7, 11) is 0. The van der Waals surface area contributed by atoms with Crippen LogP contribution in [0.15, 0.2) is 0 Å². The molecule has 2 unspecified atom stereocenters. The molecule has 2 atom stereocenters. The predicted molar refractivity (Wildman–Crippen MR) is 53.1 cm³/mol. The highest BCUT2D eigenvalue weighted by molar-refractivity contribution is 4.75. The molecule has 0 amide bonds. The Balaban J connectivity index is 2.19. The van der Waals surface area contributed by atoms with Gasteiger partial charge in [-0.05, 0) is 31.8 Å². The van der Waals surface area contributed by atoms with Gasteiger partial charge in [0.2, 0.25) is 0 Å². The van der Waals surface area contributed by atoms with E-state index in [1.807, 2.05) is 0 Å². The molecule has 0 radical (unpaired) electrons. The van der Waals surface area contributed by atoms with Crippen molar-refractivity contribution in [2.24, 2.45) is 11.7 Å². The first-order valence-electron chi connectivity index (χ1n) is 5.22. The lowest BCUT2D eigenvalue weighted by Crippen LogP contribution is -2.40. The van der Waals surface area contributed by atoms with Crippen molar-refractivity contribution in [3.8, 4) is 0 Å². The molecule has 0 aliphatic carbocycles. The molecule has 0 aromatic heterocycles. The number of rotatable bonds is 4. The lowest BCUT2D eigenvalue weighted by molar-refractivity contribution is 0.275. The van der Waals surface area contributed by atoms with E-state index in [1.165, 1.54) is 32.4 Å². The quantitative estimate of drug-likeness (QED) is 0.692. The third kappa shape index (κ3) is 2.76. The van der Waals surface area contributed by atoms with Crippen LogP contribution in [0, 0.1) is 5.92 Å². The van der Waals surface area contributed by atoms with Gasteiger partial charge in [0.15, 0.2) is 0 Å². The Labute approximate surface area is 76.1 Å². The molecule has 2 nitrogen and oxygen atoms in total. The summed E-state index contributed by atoms with van der Waals surface area (Å²) in [5.74, 6) is 0.672. The molecule has 0 aromatic carbocycles. The summed E-state index contributed by atoms with van der Waals surface area (Å²) in [6, 6.07) is 0.382. The van der Waals surface area contributed by atoms with E-state index < -0.39 is 0 Å². The largest absolute Gasteiger partial charge is 0.326 e. The van der Waals surface area contributed by atoms with Crippen molar-refractivity contribution in [3.05, 3.63) is 0 Å². The minimum atomic E-state index is 0.382. The Bertz CT molecular complexity index is 119. The molecule has 1 rings (SSSR count). The molecule has 1 saturated heterocycles. The summed E-state index contributed by atoms with van der Waals surface area (Å²) in [4.78, 5) is 2.50. The fourth-order valence-electron chi connectivity index (χ4n) is 1.75. The van der Waals surface area contributed by atoms with E-state index in [0.717, 1.165) is 6.54 Å². The highest BCUT2D eigenvalue weighted by Gasteiger charge is 2.17. The lowest BCUT2D eigenvalue weighted by Gasteiger charge is -2.24. The van der Waals surface area contributed by atoms with E-state index in [4.69, 9.17) is 5.73 Å². The Morgan fingerprint density at radius 3 is 2.42 bits per heavy atom. The summed E-state index contributed by atoms with van der Waals surface area (Å²) in [5, 5.41) is 0. The molecule has 0 aromatic rings. The van der Waals surface area contributed by atoms with Gasteiger partial charge in [0.25, 0.3) is 0 Å². The second-order valence-electron chi connectivity index (χ2n) is 4.06. The van der Waals surface area contributed by atoms with Crippen molar-refractivity contribution in [1.82, 2.24) is 4.90 Å². The minimum Gasteiger partial charge on any atom is -0.326 e. The van der Waals surface area contributed by atoms with Crippen LogP contribution in [-0.2, 0) is 0 Å². The van der Waals surface area contributed by atoms with Crippen LogP contribution < -0.4 is 5.73 Å². The molecule has 0 saturated carbocycles. The Hall–Kier alpha value is -0.0800. The first-order chi connectivity index (χ1) is 5.74. The van der Waals surface area contributed by atoms with Crippen LogP contribution in [0.2, 0.25) is 0 Å². The maximum atomic E-state index is 6.07. The second kappa shape index (κ2) is 4.83. The number of hydrogen-bond acceptors (Lipinski definition) is 2. The average molecular weight is 170 g/mol. The normalized spacial score (nSPS) is 24.2. The highest BCUT2D eigenvalue weighted by atomic mass is 15.1. The van der Waals surface area contributed by atoms with Crippen LogP contribution in [0.5, 0.6) is 0 Å². The molecule has 1 heterocycles. The fourth-order valence-corrected chi connectivity index (χ4v) is 1.75. The molecule has 1 fully saturated rings. The van der Waals surface area contributed by atoms with Gasteiger partial charge in [-0.15, -0.1) is 0 Å². The third-order valence-electron chi connectivity index (χ3n) is 3.04. The van der Waals surface area contributed by atoms with Gasteiger partial charge >= 0.3 is 0 Å². The summed E-state index contributed by atoms with van der Waals surface area (Å²) in [6.07, 6.45) is 3.94. The zero-order valence-corrected chi connectivity index (χ0v) is 8.42. The monoisotopic (exact) mass is 170 g/mol. The van der Waals surface area contributed by atoms with Crippen LogP contribution in [-0.4, -0.2) is 30.6 Å². The van der Waals surface area contributed by atoms with Crippen LogP contribution in [0.1, 0.15) is 33.1 Å². The molecule has 2 heteroatoms. The minimum absolute atomic E-state index is 0.382.